The van der Waals surface area contributed by atoms with E-state index < -0.39 is 0 Å². The van der Waals surface area contributed by atoms with Crippen molar-refractivity contribution in [1.29, 1.82) is 0 Å². The summed E-state index contributed by atoms with van der Waals surface area (Å²) in [6.45, 7) is 4.77. The molecule has 0 aliphatic carbocycles. The number of hydrogen-bond acceptors (Lipinski definition) is 3. The zero-order valence-corrected chi connectivity index (χ0v) is 11.8. The molecule has 96 valence electrons. The highest BCUT2D eigenvalue weighted by molar-refractivity contribution is 7.13. The molecule has 4 heteroatoms. The Morgan fingerprint density at radius 1 is 1.33 bits per heavy atom. The second kappa shape index (κ2) is 5.50. The van der Waals surface area contributed by atoms with Crippen LogP contribution in [0.1, 0.15) is 19.4 Å². The maximum Gasteiger partial charge on any atom is 0.255 e. The zero-order chi connectivity index (χ0) is 13.1. The van der Waals surface area contributed by atoms with E-state index in [4.69, 9.17) is 0 Å². The topological polar surface area (TPSA) is 34.0 Å². The lowest BCUT2D eigenvalue weighted by Gasteiger charge is -2.11. The van der Waals surface area contributed by atoms with Crippen LogP contribution < -0.4 is 10.9 Å². The number of thiophene rings is 1. The fourth-order valence-electron chi connectivity index (χ4n) is 1.81. The van der Waals surface area contributed by atoms with Crippen molar-refractivity contribution in [2.24, 2.45) is 7.05 Å². The first-order valence-electron chi connectivity index (χ1n) is 6.05. The van der Waals surface area contributed by atoms with Gasteiger partial charge in [0.05, 0.1) is 10.6 Å². The van der Waals surface area contributed by atoms with E-state index in [9.17, 15) is 4.79 Å². The monoisotopic (exact) mass is 262 g/mol. The van der Waals surface area contributed by atoms with Gasteiger partial charge in [0.25, 0.3) is 5.56 Å². The van der Waals surface area contributed by atoms with Crippen molar-refractivity contribution in [3.63, 3.8) is 0 Å². The Hall–Kier alpha value is -1.39. The van der Waals surface area contributed by atoms with E-state index in [-0.39, 0.29) is 5.56 Å². The van der Waals surface area contributed by atoms with Crippen LogP contribution in [0.25, 0.3) is 10.6 Å². The highest BCUT2D eigenvalue weighted by Crippen LogP contribution is 2.22. The van der Waals surface area contributed by atoms with Gasteiger partial charge in [0.2, 0.25) is 0 Å². The van der Waals surface area contributed by atoms with E-state index in [1.165, 1.54) is 0 Å². The fraction of sp³-hybridized carbons (Fsp3) is 0.357. The lowest BCUT2D eigenvalue weighted by molar-refractivity contribution is 0.583. The molecule has 0 spiro atoms. The van der Waals surface area contributed by atoms with E-state index in [0.29, 0.717) is 12.6 Å². The molecule has 0 bridgehead atoms. The molecule has 0 fully saturated rings. The smallest absolute Gasteiger partial charge is 0.255 e. The summed E-state index contributed by atoms with van der Waals surface area (Å²) in [6, 6.07) is 8.35. The molecule has 0 unspecified atom stereocenters. The van der Waals surface area contributed by atoms with Crippen LogP contribution in [0, 0.1) is 0 Å². The molecular weight excluding hydrogens is 244 g/mol. The highest BCUT2D eigenvalue weighted by Gasteiger charge is 2.08. The highest BCUT2D eigenvalue weighted by atomic mass is 32.1. The predicted octanol–water partition coefficient (Wildman–Crippen LogP) is 2.61. The van der Waals surface area contributed by atoms with Gasteiger partial charge in [0, 0.05) is 25.2 Å². The second-order valence-corrected chi connectivity index (χ2v) is 5.57. The third-order valence-electron chi connectivity index (χ3n) is 2.86. The van der Waals surface area contributed by atoms with Crippen molar-refractivity contribution in [3.8, 4) is 10.6 Å². The average Bonchev–Trinajstić information content (AvgIpc) is 2.84. The molecule has 18 heavy (non-hydrogen) atoms. The summed E-state index contributed by atoms with van der Waals surface area (Å²) in [5.41, 5.74) is 1.86. The lowest BCUT2D eigenvalue weighted by Crippen LogP contribution is -2.29. The van der Waals surface area contributed by atoms with Crippen molar-refractivity contribution < 1.29 is 0 Å². The summed E-state index contributed by atoms with van der Waals surface area (Å²) in [5, 5.41) is 5.30. The summed E-state index contributed by atoms with van der Waals surface area (Å²) in [6.07, 6.45) is 0. The number of pyridine rings is 1. The molecular formula is C14H18N2OS. The van der Waals surface area contributed by atoms with Crippen LogP contribution in [0.2, 0.25) is 0 Å². The van der Waals surface area contributed by atoms with E-state index in [1.54, 1.807) is 15.9 Å². The third-order valence-corrected chi connectivity index (χ3v) is 3.75. The summed E-state index contributed by atoms with van der Waals surface area (Å²) >= 11 is 1.65. The first-order valence-corrected chi connectivity index (χ1v) is 6.93. The summed E-state index contributed by atoms with van der Waals surface area (Å²) in [4.78, 5) is 13.3. The minimum Gasteiger partial charge on any atom is -0.310 e. The van der Waals surface area contributed by atoms with Crippen LogP contribution in [0.5, 0.6) is 0 Å². The summed E-state index contributed by atoms with van der Waals surface area (Å²) in [7, 11) is 1.83. The largest absolute Gasteiger partial charge is 0.310 e. The van der Waals surface area contributed by atoms with Crippen LogP contribution in [0.3, 0.4) is 0 Å². The first kappa shape index (κ1) is 13.1. The van der Waals surface area contributed by atoms with E-state index in [0.717, 1.165) is 16.1 Å². The maximum atomic E-state index is 12.2. The van der Waals surface area contributed by atoms with Gasteiger partial charge in [-0.2, -0.15) is 0 Å². The first-order chi connectivity index (χ1) is 8.59. The Labute approximate surface area is 111 Å². The van der Waals surface area contributed by atoms with Crippen LogP contribution in [0.4, 0.5) is 0 Å². The van der Waals surface area contributed by atoms with Crippen molar-refractivity contribution in [3.05, 3.63) is 45.6 Å². The van der Waals surface area contributed by atoms with Crippen molar-refractivity contribution in [1.82, 2.24) is 9.88 Å². The molecule has 1 N–H and O–H groups in total. The molecule has 0 amide bonds. The number of nitrogens with zero attached hydrogens (tertiary/aromatic N) is 1. The summed E-state index contributed by atoms with van der Waals surface area (Å²) < 4.78 is 1.73. The fourth-order valence-corrected chi connectivity index (χ4v) is 2.59. The molecule has 2 aromatic heterocycles. The third kappa shape index (κ3) is 2.71. The number of rotatable bonds is 4. The van der Waals surface area contributed by atoms with Crippen LogP contribution in [-0.4, -0.2) is 10.6 Å². The normalized spacial score (nSPS) is 11.1. The molecule has 0 radical (unpaired) electrons. The minimum atomic E-state index is 0.0778. The number of hydrogen-bond donors (Lipinski definition) is 1. The van der Waals surface area contributed by atoms with E-state index >= 15 is 0 Å². The van der Waals surface area contributed by atoms with Gasteiger partial charge in [0.15, 0.2) is 0 Å². The Balaban J connectivity index is 2.33. The van der Waals surface area contributed by atoms with Crippen LogP contribution >= 0.6 is 11.3 Å². The molecule has 2 aromatic rings. The molecule has 2 heterocycles. The van der Waals surface area contributed by atoms with E-state index in [1.807, 2.05) is 36.7 Å². The quantitative estimate of drug-likeness (QED) is 0.919. The minimum absolute atomic E-state index is 0.0778. The van der Waals surface area contributed by atoms with Gasteiger partial charge in [-0.15, -0.1) is 11.3 Å². The van der Waals surface area contributed by atoms with Crippen molar-refractivity contribution >= 4 is 11.3 Å². The Morgan fingerprint density at radius 3 is 2.72 bits per heavy atom. The predicted molar refractivity (Wildman–Crippen MR) is 77.0 cm³/mol. The number of nitrogens with one attached hydrogen (secondary N) is 1. The lowest BCUT2D eigenvalue weighted by atomic mass is 10.2. The molecule has 2 rings (SSSR count). The molecule has 0 aromatic carbocycles. The van der Waals surface area contributed by atoms with Crippen LogP contribution in [-0.2, 0) is 13.6 Å². The number of aromatic nitrogens is 1. The molecule has 0 saturated heterocycles. The zero-order valence-electron chi connectivity index (χ0n) is 10.9. The van der Waals surface area contributed by atoms with Gasteiger partial charge in [-0.25, -0.2) is 0 Å². The molecule has 0 atom stereocenters. The van der Waals surface area contributed by atoms with Gasteiger partial charge in [-0.1, -0.05) is 26.0 Å². The Bertz CT molecular complexity index is 570. The average molecular weight is 262 g/mol. The van der Waals surface area contributed by atoms with Crippen molar-refractivity contribution in [2.45, 2.75) is 26.4 Å². The molecule has 0 aliphatic rings. The standard InChI is InChI=1S/C14H18N2OS/c1-10(2)15-9-11-6-7-12(16(3)14(11)17)13-5-4-8-18-13/h4-8,10,15H,9H2,1-3H3. The Morgan fingerprint density at radius 2 is 2.11 bits per heavy atom. The van der Waals surface area contributed by atoms with Gasteiger partial charge in [-0.3, -0.25) is 4.79 Å². The molecule has 3 nitrogen and oxygen atoms in total. The maximum absolute atomic E-state index is 12.2. The van der Waals surface area contributed by atoms with E-state index in [2.05, 4.69) is 19.2 Å². The SMILES string of the molecule is CC(C)NCc1ccc(-c2cccs2)n(C)c1=O. The van der Waals surface area contributed by atoms with Gasteiger partial charge < -0.3 is 9.88 Å². The molecule has 0 aliphatic heterocycles. The van der Waals surface area contributed by atoms with Gasteiger partial charge in [-0.05, 0) is 17.5 Å². The Kier molecular flexibility index (Phi) is 3.99. The summed E-state index contributed by atoms with van der Waals surface area (Å²) in [5.74, 6) is 0. The van der Waals surface area contributed by atoms with Crippen molar-refractivity contribution in [2.75, 3.05) is 0 Å². The van der Waals surface area contributed by atoms with Crippen LogP contribution in [0.15, 0.2) is 34.4 Å². The van der Waals surface area contributed by atoms with Gasteiger partial charge >= 0.3 is 0 Å². The molecule has 0 saturated carbocycles. The second-order valence-electron chi connectivity index (χ2n) is 4.62. The van der Waals surface area contributed by atoms with Gasteiger partial charge in [0.1, 0.15) is 0 Å².